The van der Waals surface area contributed by atoms with Crippen LogP contribution in [0.25, 0.3) is 6.08 Å². The van der Waals surface area contributed by atoms with E-state index < -0.39 is 0 Å². The van der Waals surface area contributed by atoms with Crippen LogP contribution in [0.15, 0.2) is 18.5 Å². The summed E-state index contributed by atoms with van der Waals surface area (Å²) in [6.45, 7) is 1.72. The third-order valence-electron chi connectivity index (χ3n) is 1.01. The summed E-state index contributed by atoms with van der Waals surface area (Å²) in [5.74, 6) is 0.784. The largest absolute Gasteiger partial charge is 0.345 e. The van der Waals surface area contributed by atoms with Gasteiger partial charge in [-0.25, -0.2) is 4.98 Å². The van der Waals surface area contributed by atoms with Crippen molar-refractivity contribution in [1.29, 1.82) is 5.41 Å². The van der Waals surface area contributed by atoms with Crippen LogP contribution >= 0.6 is 0 Å². The predicted octanol–water partition coefficient (Wildman–Crippen LogP) is 1.46. The van der Waals surface area contributed by atoms with E-state index in [2.05, 4.69) is 9.97 Å². The fourth-order valence-corrected chi connectivity index (χ4v) is 0.573. The number of hydrogen-bond acceptors (Lipinski definition) is 2. The third kappa shape index (κ3) is 1.85. The first-order valence-electron chi connectivity index (χ1n) is 3.01. The normalized spacial score (nSPS) is 10.5. The molecule has 0 aliphatic rings. The minimum atomic E-state index is 0.524. The van der Waals surface area contributed by atoms with Gasteiger partial charge in [0.05, 0.1) is 0 Å². The van der Waals surface area contributed by atoms with Crippen molar-refractivity contribution in [3.05, 3.63) is 24.3 Å². The maximum absolute atomic E-state index is 7.07. The SMILES string of the molecule is CC(=N)/C=C\c1ncc[nH]1. The highest BCUT2D eigenvalue weighted by Gasteiger charge is 1.84. The Hall–Kier alpha value is -1.38. The molecule has 52 valence electrons. The summed E-state index contributed by atoms with van der Waals surface area (Å²) >= 11 is 0. The molecule has 0 amide bonds. The van der Waals surface area contributed by atoms with Crippen molar-refractivity contribution < 1.29 is 0 Å². The average molecular weight is 135 g/mol. The molecule has 0 saturated carbocycles. The van der Waals surface area contributed by atoms with Crippen molar-refractivity contribution in [2.45, 2.75) is 6.92 Å². The molecule has 2 N–H and O–H groups in total. The number of rotatable bonds is 2. The molecule has 0 aromatic carbocycles. The van der Waals surface area contributed by atoms with E-state index in [1.807, 2.05) is 0 Å². The number of imidazole rings is 1. The molecule has 1 aromatic heterocycles. The van der Waals surface area contributed by atoms with Gasteiger partial charge in [-0.15, -0.1) is 0 Å². The molecule has 3 heteroatoms. The Labute approximate surface area is 59.3 Å². The first-order valence-corrected chi connectivity index (χ1v) is 3.01. The highest BCUT2D eigenvalue weighted by Crippen LogP contribution is 1.91. The number of hydrogen-bond donors (Lipinski definition) is 2. The first kappa shape index (κ1) is 6.74. The Morgan fingerprint density at radius 1 is 1.80 bits per heavy atom. The first-order chi connectivity index (χ1) is 4.79. The lowest BCUT2D eigenvalue weighted by molar-refractivity contribution is 1.26. The van der Waals surface area contributed by atoms with E-state index in [1.165, 1.54) is 0 Å². The fourth-order valence-electron chi connectivity index (χ4n) is 0.573. The maximum Gasteiger partial charge on any atom is 0.129 e. The van der Waals surface area contributed by atoms with E-state index in [4.69, 9.17) is 5.41 Å². The Morgan fingerprint density at radius 2 is 2.60 bits per heavy atom. The van der Waals surface area contributed by atoms with E-state index in [9.17, 15) is 0 Å². The molecule has 0 unspecified atom stereocenters. The van der Waals surface area contributed by atoms with Gasteiger partial charge >= 0.3 is 0 Å². The van der Waals surface area contributed by atoms with E-state index >= 15 is 0 Å². The molecule has 0 fully saturated rings. The predicted molar refractivity (Wildman–Crippen MR) is 41.0 cm³/mol. The van der Waals surface area contributed by atoms with E-state index in [1.54, 1.807) is 31.5 Å². The molecule has 1 aromatic rings. The van der Waals surface area contributed by atoms with Gasteiger partial charge in [0, 0.05) is 18.1 Å². The minimum Gasteiger partial charge on any atom is -0.345 e. The molecule has 10 heavy (non-hydrogen) atoms. The summed E-state index contributed by atoms with van der Waals surface area (Å²) in [7, 11) is 0. The Morgan fingerprint density at radius 3 is 3.10 bits per heavy atom. The number of aromatic amines is 1. The van der Waals surface area contributed by atoms with Crippen LogP contribution in [0, 0.1) is 5.41 Å². The van der Waals surface area contributed by atoms with Crippen molar-refractivity contribution >= 4 is 11.8 Å². The molecule has 0 spiro atoms. The van der Waals surface area contributed by atoms with Gasteiger partial charge in [0.15, 0.2) is 0 Å². The summed E-state index contributed by atoms with van der Waals surface area (Å²) in [4.78, 5) is 6.85. The lowest BCUT2D eigenvalue weighted by Crippen LogP contribution is -1.79. The number of nitrogens with zero attached hydrogens (tertiary/aromatic N) is 1. The topological polar surface area (TPSA) is 52.5 Å². The molecule has 0 radical (unpaired) electrons. The summed E-state index contributed by atoms with van der Waals surface area (Å²) < 4.78 is 0. The quantitative estimate of drug-likeness (QED) is 0.592. The smallest absolute Gasteiger partial charge is 0.129 e. The van der Waals surface area contributed by atoms with Gasteiger partial charge < -0.3 is 10.4 Å². The van der Waals surface area contributed by atoms with Crippen molar-refractivity contribution in [2.75, 3.05) is 0 Å². The van der Waals surface area contributed by atoms with Gasteiger partial charge in [-0.1, -0.05) is 0 Å². The summed E-state index contributed by atoms with van der Waals surface area (Å²) in [6, 6.07) is 0. The lowest BCUT2D eigenvalue weighted by atomic mass is 10.4. The second kappa shape index (κ2) is 2.96. The average Bonchev–Trinajstić information content (AvgIpc) is 2.34. The second-order valence-electron chi connectivity index (χ2n) is 1.99. The molecule has 1 rings (SSSR count). The van der Waals surface area contributed by atoms with Crippen molar-refractivity contribution in [3.8, 4) is 0 Å². The molecular formula is C7H9N3. The third-order valence-corrected chi connectivity index (χ3v) is 1.01. The van der Waals surface area contributed by atoms with E-state index in [-0.39, 0.29) is 0 Å². The van der Waals surface area contributed by atoms with Crippen LogP contribution < -0.4 is 0 Å². The van der Waals surface area contributed by atoms with Crippen molar-refractivity contribution in [2.24, 2.45) is 0 Å². The van der Waals surface area contributed by atoms with Gasteiger partial charge in [0.25, 0.3) is 0 Å². The summed E-state index contributed by atoms with van der Waals surface area (Å²) in [6.07, 6.45) is 6.89. The van der Waals surface area contributed by atoms with E-state index in [0.717, 1.165) is 5.82 Å². The number of nitrogens with one attached hydrogen (secondary N) is 2. The molecule has 0 aliphatic heterocycles. The van der Waals surface area contributed by atoms with Crippen LogP contribution in [0.2, 0.25) is 0 Å². The zero-order valence-electron chi connectivity index (χ0n) is 5.76. The molecule has 0 atom stereocenters. The van der Waals surface area contributed by atoms with Gasteiger partial charge in [-0.05, 0) is 19.1 Å². The highest BCUT2D eigenvalue weighted by molar-refractivity contribution is 5.93. The standard InChI is InChI=1S/C7H9N3/c1-6(8)2-3-7-9-4-5-10-7/h2-5,8H,1H3,(H,9,10)/b3-2-,8-6?. The number of allylic oxidation sites excluding steroid dienone is 1. The van der Waals surface area contributed by atoms with Crippen LogP contribution in [0.5, 0.6) is 0 Å². The molecule has 1 heterocycles. The minimum absolute atomic E-state index is 0.524. The lowest BCUT2D eigenvalue weighted by Gasteiger charge is -1.82. The Kier molecular flexibility index (Phi) is 1.99. The van der Waals surface area contributed by atoms with Crippen LogP contribution in [-0.4, -0.2) is 15.7 Å². The van der Waals surface area contributed by atoms with Crippen LogP contribution in [-0.2, 0) is 0 Å². The van der Waals surface area contributed by atoms with Crippen LogP contribution in [0.3, 0.4) is 0 Å². The van der Waals surface area contributed by atoms with E-state index in [0.29, 0.717) is 5.71 Å². The van der Waals surface area contributed by atoms with Crippen molar-refractivity contribution in [3.63, 3.8) is 0 Å². The zero-order chi connectivity index (χ0) is 7.40. The van der Waals surface area contributed by atoms with Crippen LogP contribution in [0.4, 0.5) is 0 Å². The Balaban J connectivity index is 2.64. The molecule has 0 bridgehead atoms. The molecular weight excluding hydrogens is 126 g/mol. The van der Waals surface area contributed by atoms with Gasteiger partial charge in [-0.2, -0.15) is 0 Å². The van der Waals surface area contributed by atoms with Gasteiger partial charge in [-0.3, -0.25) is 0 Å². The Bertz CT molecular complexity index is 233. The zero-order valence-corrected chi connectivity index (χ0v) is 5.76. The van der Waals surface area contributed by atoms with Crippen LogP contribution in [0.1, 0.15) is 12.7 Å². The van der Waals surface area contributed by atoms with Gasteiger partial charge in [0.2, 0.25) is 0 Å². The maximum atomic E-state index is 7.07. The van der Waals surface area contributed by atoms with Gasteiger partial charge in [0.1, 0.15) is 5.82 Å². The highest BCUT2D eigenvalue weighted by atomic mass is 14.9. The summed E-state index contributed by atoms with van der Waals surface area (Å²) in [5, 5.41) is 7.07. The molecule has 3 nitrogen and oxygen atoms in total. The molecule has 0 saturated heterocycles. The summed E-state index contributed by atoms with van der Waals surface area (Å²) in [5.41, 5.74) is 0.524. The fraction of sp³-hybridized carbons (Fsp3) is 0.143. The molecule has 0 aliphatic carbocycles. The second-order valence-corrected chi connectivity index (χ2v) is 1.99. The number of aromatic nitrogens is 2. The van der Waals surface area contributed by atoms with Crippen molar-refractivity contribution in [1.82, 2.24) is 9.97 Å². The number of H-pyrrole nitrogens is 1. The monoisotopic (exact) mass is 135 g/mol.